The topological polar surface area (TPSA) is 125 Å². The molecule has 1 aromatic carbocycles. The van der Waals surface area contributed by atoms with Crippen LogP contribution in [0.3, 0.4) is 0 Å². The van der Waals surface area contributed by atoms with Crippen LogP contribution in [0.2, 0.25) is 0 Å². The van der Waals surface area contributed by atoms with Gasteiger partial charge in [-0.25, -0.2) is 4.79 Å². The summed E-state index contributed by atoms with van der Waals surface area (Å²) >= 11 is 0. The number of nitro groups is 1. The number of anilines is 1. The molecule has 8 nitrogen and oxygen atoms in total. The van der Waals surface area contributed by atoms with Crippen molar-refractivity contribution in [1.82, 2.24) is 5.32 Å². The predicted molar refractivity (Wildman–Crippen MR) is 91.9 cm³/mol. The molecule has 0 bridgehead atoms. The van der Waals surface area contributed by atoms with E-state index in [1.165, 1.54) is 12.1 Å². The molecule has 8 heteroatoms. The molecule has 0 aliphatic heterocycles. The van der Waals surface area contributed by atoms with E-state index in [0.717, 1.165) is 25.3 Å². The summed E-state index contributed by atoms with van der Waals surface area (Å²) in [4.78, 5) is 34.2. The van der Waals surface area contributed by atoms with E-state index in [-0.39, 0.29) is 28.9 Å². The van der Waals surface area contributed by atoms with E-state index >= 15 is 0 Å². The lowest BCUT2D eigenvalue weighted by atomic mass is 9.78. The van der Waals surface area contributed by atoms with E-state index in [1.807, 2.05) is 0 Å². The molecule has 3 atom stereocenters. The van der Waals surface area contributed by atoms with Gasteiger partial charge in [0.15, 0.2) is 6.61 Å². The Morgan fingerprint density at radius 2 is 2.08 bits per heavy atom. The second-order valence-electron chi connectivity index (χ2n) is 6.55. The number of nitrogens with two attached hydrogens (primary N) is 1. The number of ether oxygens (including phenoxy) is 1. The van der Waals surface area contributed by atoms with E-state index in [1.54, 1.807) is 0 Å². The van der Waals surface area contributed by atoms with E-state index < -0.39 is 17.5 Å². The first kappa shape index (κ1) is 18.7. The highest BCUT2D eigenvalue weighted by Gasteiger charge is 2.28. The third-order valence-electron chi connectivity index (χ3n) is 4.85. The second-order valence-corrected chi connectivity index (χ2v) is 6.55. The Bertz CT molecular complexity index is 676. The summed E-state index contributed by atoms with van der Waals surface area (Å²) in [7, 11) is 0. The number of esters is 1. The Labute approximate surface area is 145 Å². The SMILES string of the molecule is C[C@H]1[C@@H](NC(=O)COC(=O)c2ccc(N)c([N+](=O)[O-])c2)CCC[C@@H]1C. The van der Waals surface area contributed by atoms with Crippen molar-refractivity contribution in [3.8, 4) is 0 Å². The zero-order valence-corrected chi connectivity index (χ0v) is 14.4. The smallest absolute Gasteiger partial charge is 0.338 e. The minimum atomic E-state index is -0.802. The lowest BCUT2D eigenvalue weighted by Gasteiger charge is -2.34. The van der Waals surface area contributed by atoms with Gasteiger partial charge in [0.1, 0.15) is 5.69 Å². The fraction of sp³-hybridized carbons (Fsp3) is 0.529. The number of benzene rings is 1. The van der Waals surface area contributed by atoms with Gasteiger partial charge in [-0.1, -0.05) is 26.7 Å². The molecule has 1 fully saturated rings. The summed E-state index contributed by atoms with van der Waals surface area (Å²) in [6.07, 6.45) is 3.12. The molecule has 1 amide bonds. The average molecular weight is 349 g/mol. The van der Waals surface area contributed by atoms with Crippen LogP contribution in [0.15, 0.2) is 18.2 Å². The predicted octanol–water partition coefficient (Wildman–Crippen LogP) is 2.27. The van der Waals surface area contributed by atoms with Gasteiger partial charge in [-0.15, -0.1) is 0 Å². The monoisotopic (exact) mass is 349 g/mol. The molecule has 0 spiro atoms. The Hall–Kier alpha value is -2.64. The lowest BCUT2D eigenvalue weighted by molar-refractivity contribution is -0.383. The molecule has 136 valence electrons. The number of nitro benzene ring substituents is 1. The van der Waals surface area contributed by atoms with E-state index in [2.05, 4.69) is 19.2 Å². The number of rotatable bonds is 5. The summed E-state index contributed by atoms with van der Waals surface area (Å²) in [6.45, 7) is 3.85. The zero-order valence-electron chi connectivity index (χ0n) is 14.4. The zero-order chi connectivity index (χ0) is 18.6. The van der Waals surface area contributed by atoms with Crippen LogP contribution < -0.4 is 11.1 Å². The first-order chi connectivity index (χ1) is 11.8. The molecular weight excluding hydrogens is 326 g/mol. The second kappa shape index (κ2) is 7.96. The van der Waals surface area contributed by atoms with Gasteiger partial charge in [-0.2, -0.15) is 0 Å². The lowest BCUT2D eigenvalue weighted by Crippen LogP contribution is -2.45. The molecule has 1 saturated carbocycles. The number of amides is 1. The standard InChI is InChI=1S/C17H23N3O5/c1-10-4-3-5-14(11(10)2)19-16(21)9-25-17(22)12-6-7-13(18)15(8-12)20(23)24/h6-8,10-11,14H,3-5,9,18H2,1-2H3,(H,19,21)/t10-,11+,14-/m0/s1. The summed E-state index contributed by atoms with van der Waals surface area (Å²) in [5, 5.41) is 13.8. The molecule has 2 rings (SSSR count). The molecule has 0 unspecified atom stereocenters. The number of carbonyl (C=O) groups is 2. The summed E-state index contributed by atoms with van der Waals surface area (Å²) in [6, 6.07) is 3.71. The maximum Gasteiger partial charge on any atom is 0.338 e. The van der Waals surface area contributed by atoms with Gasteiger partial charge in [-0.05, 0) is 30.4 Å². The van der Waals surface area contributed by atoms with E-state index in [0.29, 0.717) is 11.8 Å². The molecule has 0 saturated heterocycles. The molecule has 1 aliphatic carbocycles. The molecule has 25 heavy (non-hydrogen) atoms. The Morgan fingerprint density at radius 1 is 1.36 bits per heavy atom. The molecule has 0 aromatic heterocycles. The van der Waals surface area contributed by atoms with Crippen molar-refractivity contribution in [2.24, 2.45) is 11.8 Å². The fourth-order valence-corrected chi connectivity index (χ4v) is 3.08. The van der Waals surface area contributed by atoms with Gasteiger partial charge in [0.2, 0.25) is 0 Å². The van der Waals surface area contributed by atoms with Crippen molar-refractivity contribution in [3.05, 3.63) is 33.9 Å². The molecule has 1 aromatic rings. The number of nitrogens with one attached hydrogen (secondary N) is 1. The van der Waals surface area contributed by atoms with Gasteiger partial charge in [0, 0.05) is 12.1 Å². The summed E-state index contributed by atoms with van der Waals surface area (Å²) in [5.41, 5.74) is 5.05. The van der Waals surface area contributed by atoms with Crippen molar-refractivity contribution in [2.45, 2.75) is 39.2 Å². The molecule has 3 N–H and O–H groups in total. The van der Waals surface area contributed by atoms with Crippen molar-refractivity contribution < 1.29 is 19.2 Å². The number of nitrogens with zero attached hydrogens (tertiary/aromatic N) is 1. The third-order valence-corrected chi connectivity index (χ3v) is 4.85. The van der Waals surface area contributed by atoms with Crippen molar-refractivity contribution in [3.63, 3.8) is 0 Å². The van der Waals surface area contributed by atoms with Crippen molar-refractivity contribution in [2.75, 3.05) is 12.3 Å². The van der Waals surface area contributed by atoms with E-state index in [4.69, 9.17) is 10.5 Å². The quantitative estimate of drug-likeness (QED) is 0.364. The summed E-state index contributed by atoms with van der Waals surface area (Å²) in [5.74, 6) is -0.266. The average Bonchev–Trinajstić information content (AvgIpc) is 2.57. The largest absolute Gasteiger partial charge is 0.452 e. The minimum Gasteiger partial charge on any atom is -0.452 e. The van der Waals surface area contributed by atoms with Crippen LogP contribution in [0.25, 0.3) is 0 Å². The Balaban J connectivity index is 1.90. The number of nitrogen functional groups attached to an aromatic ring is 1. The number of hydrogen-bond acceptors (Lipinski definition) is 6. The maximum absolute atomic E-state index is 12.0. The first-order valence-corrected chi connectivity index (χ1v) is 8.30. The molecule has 1 aliphatic rings. The highest BCUT2D eigenvalue weighted by atomic mass is 16.6. The normalized spacial score (nSPS) is 22.9. The summed E-state index contributed by atoms with van der Waals surface area (Å²) < 4.78 is 4.95. The van der Waals surface area contributed by atoms with E-state index in [9.17, 15) is 19.7 Å². The number of carbonyl (C=O) groups excluding carboxylic acids is 2. The highest BCUT2D eigenvalue weighted by molar-refractivity contribution is 5.92. The highest BCUT2D eigenvalue weighted by Crippen LogP contribution is 2.29. The van der Waals surface area contributed by atoms with Crippen LogP contribution in [-0.4, -0.2) is 29.4 Å². The van der Waals surface area contributed by atoms with Crippen LogP contribution >= 0.6 is 0 Å². The van der Waals surface area contributed by atoms with Crippen molar-refractivity contribution >= 4 is 23.3 Å². The maximum atomic E-state index is 12.0. The van der Waals surface area contributed by atoms with Gasteiger partial charge in [-0.3, -0.25) is 14.9 Å². The Kier molecular flexibility index (Phi) is 5.95. The van der Waals surface area contributed by atoms with Gasteiger partial charge < -0.3 is 15.8 Å². The van der Waals surface area contributed by atoms with Crippen LogP contribution in [0.4, 0.5) is 11.4 Å². The first-order valence-electron chi connectivity index (χ1n) is 8.30. The van der Waals surface area contributed by atoms with Gasteiger partial charge in [0.25, 0.3) is 11.6 Å². The van der Waals surface area contributed by atoms with Crippen molar-refractivity contribution in [1.29, 1.82) is 0 Å². The number of hydrogen-bond donors (Lipinski definition) is 2. The van der Waals surface area contributed by atoms with Crippen LogP contribution in [0, 0.1) is 22.0 Å². The van der Waals surface area contributed by atoms with Gasteiger partial charge >= 0.3 is 5.97 Å². The molecular formula is C17H23N3O5. The molecule has 0 radical (unpaired) electrons. The van der Waals surface area contributed by atoms with Gasteiger partial charge in [0.05, 0.1) is 10.5 Å². The minimum absolute atomic E-state index is 0.0200. The van der Waals surface area contributed by atoms with Crippen LogP contribution in [-0.2, 0) is 9.53 Å². The Morgan fingerprint density at radius 3 is 2.76 bits per heavy atom. The van der Waals surface area contributed by atoms with Crippen LogP contribution in [0.5, 0.6) is 0 Å². The third kappa shape index (κ3) is 4.68. The molecule has 0 heterocycles. The van der Waals surface area contributed by atoms with Crippen LogP contribution in [0.1, 0.15) is 43.5 Å². The fourth-order valence-electron chi connectivity index (χ4n) is 3.08.